The Bertz CT molecular complexity index is 1210. The van der Waals surface area contributed by atoms with E-state index in [1.807, 2.05) is 18.2 Å². The number of benzene rings is 2. The van der Waals surface area contributed by atoms with Crippen LogP contribution in [0.3, 0.4) is 0 Å². The number of carbonyl (C=O) groups excluding carboxylic acids is 2. The lowest BCUT2D eigenvalue weighted by Gasteiger charge is -2.07. The highest BCUT2D eigenvalue weighted by Gasteiger charge is 2.16. The second kappa shape index (κ2) is 8.93. The van der Waals surface area contributed by atoms with Gasteiger partial charge in [-0.25, -0.2) is 0 Å². The van der Waals surface area contributed by atoms with Gasteiger partial charge in [-0.2, -0.15) is 4.99 Å². The second-order valence-electron chi connectivity index (χ2n) is 7.53. The number of hydrogen-bond acceptors (Lipinski definition) is 6. The third-order valence-electron chi connectivity index (χ3n) is 4.98. The number of amides is 1. The van der Waals surface area contributed by atoms with E-state index in [9.17, 15) is 9.59 Å². The van der Waals surface area contributed by atoms with Gasteiger partial charge in [-0.15, -0.1) is 0 Å². The van der Waals surface area contributed by atoms with Gasteiger partial charge in [-0.05, 0) is 48.2 Å². The van der Waals surface area contributed by atoms with Crippen molar-refractivity contribution in [2.24, 2.45) is 4.99 Å². The van der Waals surface area contributed by atoms with Crippen molar-refractivity contribution in [2.45, 2.75) is 39.7 Å². The first kappa shape index (κ1) is 21.1. The van der Waals surface area contributed by atoms with Crippen LogP contribution >= 0.6 is 11.3 Å². The Morgan fingerprint density at radius 3 is 2.74 bits per heavy atom. The molecular formula is C23H24N2O5S. The zero-order valence-electron chi connectivity index (χ0n) is 17.7. The van der Waals surface area contributed by atoms with Crippen molar-refractivity contribution < 1.29 is 23.8 Å². The molecule has 1 amide bonds. The fraction of sp³-hybridized carbons (Fsp3) is 0.348. The highest BCUT2D eigenvalue weighted by Crippen LogP contribution is 2.32. The lowest BCUT2D eigenvalue weighted by atomic mass is 10.0. The lowest BCUT2D eigenvalue weighted by molar-refractivity contribution is -0.143. The fourth-order valence-corrected chi connectivity index (χ4v) is 4.49. The minimum atomic E-state index is -0.361. The number of fused-ring (bicyclic) bond motifs is 2. The average molecular weight is 441 g/mol. The van der Waals surface area contributed by atoms with Gasteiger partial charge in [-0.1, -0.05) is 37.3 Å². The van der Waals surface area contributed by atoms with Crippen LogP contribution in [0.2, 0.25) is 0 Å². The smallest absolute Gasteiger partial charge is 0.326 e. The molecular weight excluding hydrogens is 416 g/mol. The average Bonchev–Trinajstić information content (AvgIpc) is 3.32. The SMILES string of the molecule is CCOC(=O)Cn1c(=NC(=O)Cc2ccc3c(c2)OCO3)sc2cc(C(C)C)ccc21. The van der Waals surface area contributed by atoms with Crippen LogP contribution in [0.15, 0.2) is 41.4 Å². The van der Waals surface area contributed by atoms with E-state index in [1.54, 1.807) is 23.6 Å². The molecule has 0 atom stereocenters. The molecule has 2 heterocycles. The Morgan fingerprint density at radius 2 is 1.97 bits per heavy atom. The highest BCUT2D eigenvalue weighted by atomic mass is 32.1. The van der Waals surface area contributed by atoms with Gasteiger partial charge in [0, 0.05) is 0 Å². The van der Waals surface area contributed by atoms with Gasteiger partial charge < -0.3 is 18.8 Å². The zero-order chi connectivity index (χ0) is 22.0. The molecule has 31 heavy (non-hydrogen) atoms. The standard InChI is InChI=1S/C23H24N2O5S/c1-4-28-22(27)12-25-17-7-6-16(14(2)3)11-20(17)31-23(25)24-21(26)10-15-5-8-18-19(9-15)30-13-29-18/h5-9,11,14H,4,10,12-13H2,1-3H3. The molecule has 1 aliphatic heterocycles. The number of esters is 1. The Balaban J connectivity index is 1.68. The normalized spacial score (nSPS) is 13.2. The molecule has 0 bridgehead atoms. The van der Waals surface area contributed by atoms with Crippen molar-refractivity contribution in [3.8, 4) is 11.5 Å². The molecule has 7 nitrogen and oxygen atoms in total. The molecule has 0 aliphatic carbocycles. The van der Waals surface area contributed by atoms with E-state index >= 15 is 0 Å². The van der Waals surface area contributed by atoms with Crippen LogP contribution in [0.5, 0.6) is 11.5 Å². The van der Waals surface area contributed by atoms with Crippen LogP contribution in [0.25, 0.3) is 10.2 Å². The molecule has 0 N–H and O–H groups in total. The van der Waals surface area contributed by atoms with Crippen molar-refractivity contribution in [3.63, 3.8) is 0 Å². The number of nitrogens with zero attached hydrogens (tertiary/aromatic N) is 2. The van der Waals surface area contributed by atoms with Crippen molar-refractivity contribution in [1.82, 2.24) is 4.57 Å². The summed E-state index contributed by atoms with van der Waals surface area (Å²) in [6.07, 6.45) is 0.127. The summed E-state index contributed by atoms with van der Waals surface area (Å²) in [7, 11) is 0. The van der Waals surface area contributed by atoms with Gasteiger partial charge in [0.2, 0.25) is 6.79 Å². The minimum Gasteiger partial charge on any atom is -0.465 e. The van der Waals surface area contributed by atoms with Gasteiger partial charge >= 0.3 is 5.97 Å². The molecule has 0 unspecified atom stereocenters. The van der Waals surface area contributed by atoms with E-state index in [-0.39, 0.29) is 31.6 Å². The zero-order valence-corrected chi connectivity index (χ0v) is 18.5. The Labute approximate surface area is 183 Å². The molecule has 0 spiro atoms. The summed E-state index contributed by atoms with van der Waals surface area (Å²) in [5.41, 5.74) is 2.84. The number of thiazole rings is 1. The van der Waals surface area contributed by atoms with Crippen molar-refractivity contribution in [3.05, 3.63) is 52.3 Å². The molecule has 2 aromatic carbocycles. The van der Waals surface area contributed by atoms with E-state index < -0.39 is 0 Å². The molecule has 0 saturated heterocycles. The predicted molar refractivity (Wildman–Crippen MR) is 117 cm³/mol. The molecule has 0 saturated carbocycles. The number of rotatable bonds is 6. The van der Waals surface area contributed by atoms with E-state index in [0.29, 0.717) is 28.8 Å². The Hall–Kier alpha value is -3.13. The highest BCUT2D eigenvalue weighted by molar-refractivity contribution is 7.16. The maximum atomic E-state index is 12.7. The number of aromatic nitrogens is 1. The first-order valence-corrected chi connectivity index (χ1v) is 11.0. The van der Waals surface area contributed by atoms with Gasteiger partial charge in [0.25, 0.3) is 5.91 Å². The van der Waals surface area contributed by atoms with Crippen LogP contribution < -0.4 is 14.3 Å². The molecule has 8 heteroatoms. The quantitative estimate of drug-likeness (QED) is 0.545. The number of hydrogen-bond donors (Lipinski definition) is 0. The van der Waals surface area contributed by atoms with E-state index in [0.717, 1.165) is 15.8 Å². The first-order chi connectivity index (χ1) is 14.9. The Kier molecular flexibility index (Phi) is 6.08. The van der Waals surface area contributed by atoms with Gasteiger partial charge in [0.1, 0.15) is 6.54 Å². The topological polar surface area (TPSA) is 79.1 Å². The number of carbonyl (C=O) groups is 2. The molecule has 0 fully saturated rings. The molecule has 3 aromatic rings. The maximum absolute atomic E-state index is 12.7. The largest absolute Gasteiger partial charge is 0.465 e. The first-order valence-electron chi connectivity index (χ1n) is 10.2. The van der Waals surface area contributed by atoms with Crippen LogP contribution in [-0.4, -0.2) is 29.8 Å². The van der Waals surface area contributed by atoms with Crippen molar-refractivity contribution in [1.29, 1.82) is 0 Å². The summed E-state index contributed by atoms with van der Waals surface area (Å²) >= 11 is 1.40. The monoisotopic (exact) mass is 440 g/mol. The molecule has 4 rings (SSSR count). The summed E-state index contributed by atoms with van der Waals surface area (Å²) < 4.78 is 18.5. The van der Waals surface area contributed by atoms with Gasteiger partial charge in [-0.3, -0.25) is 9.59 Å². The van der Waals surface area contributed by atoms with Crippen LogP contribution in [0.1, 0.15) is 37.8 Å². The lowest BCUT2D eigenvalue weighted by Crippen LogP contribution is -2.23. The van der Waals surface area contributed by atoms with E-state index in [4.69, 9.17) is 14.2 Å². The third kappa shape index (κ3) is 4.64. The van der Waals surface area contributed by atoms with Crippen molar-refractivity contribution >= 4 is 33.4 Å². The predicted octanol–water partition coefficient (Wildman–Crippen LogP) is 3.79. The van der Waals surface area contributed by atoms with Crippen molar-refractivity contribution in [2.75, 3.05) is 13.4 Å². The molecule has 0 radical (unpaired) electrons. The van der Waals surface area contributed by atoms with Crippen LogP contribution in [0, 0.1) is 0 Å². The summed E-state index contributed by atoms with van der Waals surface area (Å²) in [6.45, 7) is 6.51. The number of ether oxygens (including phenoxy) is 3. The second-order valence-corrected chi connectivity index (χ2v) is 8.54. The van der Waals surface area contributed by atoms with E-state index in [1.165, 1.54) is 16.9 Å². The summed E-state index contributed by atoms with van der Waals surface area (Å²) in [4.78, 5) is 29.7. The molecule has 1 aromatic heterocycles. The van der Waals surface area contributed by atoms with Crippen LogP contribution in [0.4, 0.5) is 0 Å². The van der Waals surface area contributed by atoms with Gasteiger partial charge in [0.05, 0.1) is 23.2 Å². The van der Waals surface area contributed by atoms with Crippen LogP contribution in [-0.2, 0) is 27.3 Å². The summed E-state index contributed by atoms with van der Waals surface area (Å²) in [5, 5.41) is 0. The Morgan fingerprint density at radius 1 is 1.16 bits per heavy atom. The molecule has 162 valence electrons. The molecule has 1 aliphatic rings. The summed E-state index contributed by atoms with van der Waals surface area (Å²) in [6, 6.07) is 11.5. The maximum Gasteiger partial charge on any atom is 0.326 e. The fourth-order valence-electron chi connectivity index (χ4n) is 3.39. The van der Waals surface area contributed by atoms with E-state index in [2.05, 4.69) is 24.9 Å². The third-order valence-corrected chi connectivity index (χ3v) is 6.02. The summed E-state index contributed by atoms with van der Waals surface area (Å²) in [5.74, 6) is 1.02. The minimum absolute atomic E-state index is 0.00496. The van der Waals surface area contributed by atoms with Gasteiger partial charge in [0.15, 0.2) is 16.3 Å².